The van der Waals surface area contributed by atoms with E-state index in [1.807, 2.05) is 0 Å². The third-order valence-corrected chi connectivity index (χ3v) is 3.94. The first-order chi connectivity index (χ1) is 9.47. The number of hydrogen-bond acceptors (Lipinski definition) is 3. The molecule has 0 bridgehead atoms. The van der Waals surface area contributed by atoms with Gasteiger partial charge in [-0.1, -0.05) is 0 Å². The SMILES string of the molecule is NC1CCN(C(=O)Nc2ccc(C(=O)O)cc2Br)CC1. The van der Waals surface area contributed by atoms with Gasteiger partial charge < -0.3 is 21.1 Å². The number of carboxylic acids is 1. The van der Waals surface area contributed by atoms with Gasteiger partial charge in [-0.25, -0.2) is 9.59 Å². The number of carboxylic acid groups (broad SMARTS) is 1. The summed E-state index contributed by atoms with van der Waals surface area (Å²) in [7, 11) is 0. The van der Waals surface area contributed by atoms with E-state index in [1.165, 1.54) is 12.1 Å². The van der Waals surface area contributed by atoms with Crippen molar-refractivity contribution in [1.82, 2.24) is 4.90 Å². The molecule has 0 saturated carbocycles. The Morgan fingerprint density at radius 1 is 1.35 bits per heavy atom. The number of aromatic carboxylic acids is 1. The topological polar surface area (TPSA) is 95.7 Å². The summed E-state index contributed by atoms with van der Waals surface area (Å²) in [6.07, 6.45) is 1.60. The highest BCUT2D eigenvalue weighted by Crippen LogP contribution is 2.24. The molecule has 1 aromatic carbocycles. The summed E-state index contributed by atoms with van der Waals surface area (Å²) in [6, 6.07) is 4.46. The minimum absolute atomic E-state index is 0.166. The molecule has 7 heteroatoms. The molecule has 2 amide bonds. The number of nitrogens with two attached hydrogens (primary N) is 1. The van der Waals surface area contributed by atoms with Gasteiger partial charge in [-0.15, -0.1) is 0 Å². The summed E-state index contributed by atoms with van der Waals surface area (Å²) >= 11 is 3.26. The quantitative estimate of drug-likeness (QED) is 0.767. The van der Waals surface area contributed by atoms with Crippen LogP contribution in [0, 0.1) is 0 Å². The zero-order chi connectivity index (χ0) is 14.7. The molecule has 4 N–H and O–H groups in total. The minimum Gasteiger partial charge on any atom is -0.478 e. The second-order valence-electron chi connectivity index (χ2n) is 4.75. The fourth-order valence-corrected chi connectivity index (χ4v) is 2.52. The molecule has 1 aromatic rings. The Hall–Kier alpha value is -1.60. The number of halogens is 1. The fourth-order valence-electron chi connectivity index (χ4n) is 2.05. The highest BCUT2D eigenvalue weighted by Gasteiger charge is 2.21. The number of likely N-dealkylation sites (tertiary alicyclic amines) is 1. The highest BCUT2D eigenvalue weighted by atomic mass is 79.9. The average Bonchev–Trinajstić information content (AvgIpc) is 2.41. The molecule has 1 saturated heterocycles. The van der Waals surface area contributed by atoms with Crippen LogP contribution in [0.25, 0.3) is 0 Å². The van der Waals surface area contributed by atoms with Gasteiger partial charge in [-0.2, -0.15) is 0 Å². The number of carbonyl (C=O) groups excluding carboxylic acids is 1. The summed E-state index contributed by atoms with van der Waals surface area (Å²) in [5, 5.41) is 11.6. The molecule has 0 aromatic heterocycles. The first-order valence-corrected chi connectivity index (χ1v) is 7.11. The molecule has 0 atom stereocenters. The van der Waals surface area contributed by atoms with Crippen molar-refractivity contribution in [3.63, 3.8) is 0 Å². The molecule has 0 spiro atoms. The number of nitrogens with zero attached hydrogens (tertiary/aromatic N) is 1. The molecule has 1 fully saturated rings. The number of nitrogens with one attached hydrogen (secondary N) is 1. The standard InChI is InChI=1S/C13H16BrN3O3/c14-10-7-8(12(18)19)1-2-11(10)16-13(20)17-5-3-9(15)4-6-17/h1-2,7,9H,3-6,15H2,(H,16,20)(H,18,19). The summed E-state index contributed by atoms with van der Waals surface area (Å²) in [5.41, 5.74) is 6.51. The maximum absolute atomic E-state index is 12.1. The second-order valence-corrected chi connectivity index (χ2v) is 5.61. The maximum Gasteiger partial charge on any atom is 0.335 e. The van der Waals surface area contributed by atoms with Crippen LogP contribution in [-0.4, -0.2) is 41.1 Å². The normalized spacial score (nSPS) is 16.0. The van der Waals surface area contributed by atoms with Crippen molar-refractivity contribution in [2.45, 2.75) is 18.9 Å². The van der Waals surface area contributed by atoms with Gasteiger partial charge in [0.1, 0.15) is 0 Å². The van der Waals surface area contributed by atoms with Gasteiger partial charge in [0.05, 0.1) is 11.3 Å². The molecular formula is C13H16BrN3O3. The van der Waals surface area contributed by atoms with Gasteiger partial charge in [0.2, 0.25) is 0 Å². The zero-order valence-electron chi connectivity index (χ0n) is 10.8. The lowest BCUT2D eigenvalue weighted by molar-refractivity contribution is 0.0697. The summed E-state index contributed by atoms with van der Waals surface area (Å²) in [4.78, 5) is 24.6. The number of rotatable bonds is 2. The van der Waals surface area contributed by atoms with E-state index in [1.54, 1.807) is 11.0 Å². The molecule has 2 rings (SSSR count). The Labute approximate surface area is 125 Å². The maximum atomic E-state index is 12.1. The van der Waals surface area contributed by atoms with E-state index in [4.69, 9.17) is 10.8 Å². The van der Waals surface area contributed by atoms with Crippen molar-refractivity contribution >= 4 is 33.6 Å². The van der Waals surface area contributed by atoms with Crippen LogP contribution < -0.4 is 11.1 Å². The first-order valence-electron chi connectivity index (χ1n) is 6.31. The molecule has 108 valence electrons. The molecule has 1 heterocycles. The highest BCUT2D eigenvalue weighted by molar-refractivity contribution is 9.10. The van der Waals surface area contributed by atoms with Crippen LogP contribution in [0.4, 0.5) is 10.5 Å². The van der Waals surface area contributed by atoms with E-state index < -0.39 is 5.97 Å². The van der Waals surface area contributed by atoms with Crippen molar-refractivity contribution in [1.29, 1.82) is 0 Å². The van der Waals surface area contributed by atoms with Crippen molar-refractivity contribution < 1.29 is 14.7 Å². The molecule has 0 aliphatic carbocycles. The van der Waals surface area contributed by atoms with Crippen molar-refractivity contribution in [2.24, 2.45) is 5.73 Å². The van der Waals surface area contributed by atoms with Crippen LogP contribution in [0.3, 0.4) is 0 Å². The molecule has 6 nitrogen and oxygen atoms in total. The summed E-state index contributed by atoms with van der Waals surface area (Å²) in [5.74, 6) is -1.01. The summed E-state index contributed by atoms with van der Waals surface area (Å²) in [6.45, 7) is 1.27. The molecule has 0 unspecified atom stereocenters. The van der Waals surface area contributed by atoms with Crippen LogP contribution in [0.2, 0.25) is 0 Å². The largest absolute Gasteiger partial charge is 0.478 e. The van der Waals surface area contributed by atoms with E-state index in [9.17, 15) is 9.59 Å². The lowest BCUT2D eigenvalue weighted by Crippen LogP contribution is -2.44. The summed E-state index contributed by atoms with van der Waals surface area (Å²) < 4.78 is 0.541. The lowest BCUT2D eigenvalue weighted by atomic mass is 10.1. The molecular weight excluding hydrogens is 326 g/mol. The average molecular weight is 342 g/mol. The van der Waals surface area contributed by atoms with Crippen molar-refractivity contribution in [3.05, 3.63) is 28.2 Å². The molecule has 0 radical (unpaired) electrons. The predicted octanol–water partition coefficient (Wildman–Crippen LogP) is 2.10. The van der Waals surface area contributed by atoms with Gasteiger partial charge in [0.15, 0.2) is 0 Å². The van der Waals surface area contributed by atoms with E-state index in [2.05, 4.69) is 21.2 Å². The minimum atomic E-state index is -1.01. The van der Waals surface area contributed by atoms with Gasteiger partial charge >= 0.3 is 12.0 Å². The van der Waals surface area contributed by atoms with Gasteiger partial charge in [-0.3, -0.25) is 0 Å². The molecule has 1 aliphatic rings. The van der Waals surface area contributed by atoms with Crippen LogP contribution >= 0.6 is 15.9 Å². The number of hydrogen-bond donors (Lipinski definition) is 3. The van der Waals surface area contributed by atoms with Crippen molar-refractivity contribution in [3.8, 4) is 0 Å². The smallest absolute Gasteiger partial charge is 0.335 e. The van der Waals surface area contributed by atoms with E-state index in [-0.39, 0.29) is 17.6 Å². The van der Waals surface area contributed by atoms with Crippen molar-refractivity contribution in [2.75, 3.05) is 18.4 Å². The second kappa shape index (κ2) is 6.23. The number of carbonyl (C=O) groups is 2. The Balaban J connectivity index is 2.02. The Bertz CT molecular complexity index is 528. The van der Waals surface area contributed by atoms with Gasteiger partial charge in [-0.05, 0) is 47.0 Å². The Morgan fingerprint density at radius 3 is 2.55 bits per heavy atom. The monoisotopic (exact) mass is 341 g/mol. The van der Waals surface area contributed by atoms with Crippen LogP contribution in [-0.2, 0) is 0 Å². The van der Waals surface area contributed by atoms with Crippen LogP contribution in [0.1, 0.15) is 23.2 Å². The molecule has 1 aliphatic heterocycles. The van der Waals surface area contributed by atoms with E-state index in [0.29, 0.717) is 23.2 Å². The Kier molecular flexibility index (Phi) is 4.61. The van der Waals surface area contributed by atoms with Gasteiger partial charge in [0, 0.05) is 23.6 Å². The number of amides is 2. The number of piperidine rings is 1. The van der Waals surface area contributed by atoms with Crippen LogP contribution in [0.15, 0.2) is 22.7 Å². The first kappa shape index (κ1) is 14.8. The van der Waals surface area contributed by atoms with E-state index >= 15 is 0 Å². The number of benzene rings is 1. The number of urea groups is 1. The predicted molar refractivity (Wildman–Crippen MR) is 78.9 cm³/mol. The zero-order valence-corrected chi connectivity index (χ0v) is 12.4. The van der Waals surface area contributed by atoms with Crippen LogP contribution in [0.5, 0.6) is 0 Å². The third-order valence-electron chi connectivity index (χ3n) is 3.28. The lowest BCUT2D eigenvalue weighted by Gasteiger charge is -2.30. The Morgan fingerprint density at radius 2 is 2.00 bits per heavy atom. The fraction of sp³-hybridized carbons (Fsp3) is 0.385. The number of anilines is 1. The third kappa shape index (κ3) is 3.49. The van der Waals surface area contributed by atoms with E-state index in [0.717, 1.165) is 12.8 Å². The molecule has 20 heavy (non-hydrogen) atoms. The van der Waals surface area contributed by atoms with Gasteiger partial charge in [0.25, 0.3) is 0 Å².